The van der Waals surface area contributed by atoms with Crippen LogP contribution in [0, 0.1) is 0 Å². The molecular formula is C24H56O5Si4. The molecule has 33 heavy (non-hydrogen) atoms. The summed E-state index contributed by atoms with van der Waals surface area (Å²) in [5, 5.41) is 0. The first-order valence-electron chi connectivity index (χ1n) is 13.4. The van der Waals surface area contributed by atoms with Crippen LogP contribution in [0.5, 0.6) is 0 Å². The summed E-state index contributed by atoms with van der Waals surface area (Å²) in [6, 6.07) is 2.11. The normalized spacial score (nSPS) is 15.5. The van der Waals surface area contributed by atoms with E-state index in [4.69, 9.17) is 22.1 Å². The molecule has 0 spiro atoms. The van der Waals surface area contributed by atoms with Crippen LogP contribution in [0.15, 0.2) is 0 Å². The highest BCUT2D eigenvalue weighted by atomic mass is 28.5. The van der Waals surface area contributed by atoms with Gasteiger partial charge in [0.2, 0.25) is 0 Å². The number of hydrogen-bond donors (Lipinski definition) is 0. The predicted molar refractivity (Wildman–Crippen MR) is 150 cm³/mol. The van der Waals surface area contributed by atoms with Crippen molar-refractivity contribution in [1.82, 2.24) is 0 Å². The molecule has 0 saturated carbocycles. The highest BCUT2D eigenvalue weighted by molar-refractivity contribution is 6.87. The summed E-state index contributed by atoms with van der Waals surface area (Å²) in [7, 11) is -2.66. The van der Waals surface area contributed by atoms with Crippen LogP contribution in [0.3, 0.4) is 0 Å². The van der Waals surface area contributed by atoms with Crippen LogP contribution >= 0.6 is 0 Å². The Kier molecular flexibility index (Phi) is 19.3. The molecule has 2 unspecified atom stereocenters. The average Bonchev–Trinajstić information content (AvgIpc) is 2.71. The van der Waals surface area contributed by atoms with E-state index in [-0.39, 0.29) is 0 Å². The summed E-state index contributed by atoms with van der Waals surface area (Å²) in [5.74, 6) is 0. The average molecular weight is 537 g/mol. The lowest BCUT2D eigenvalue weighted by Gasteiger charge is -2.40. The molecule has 0 fully saturated rings. The van der Waals surface area contributed by atoms with Gasteiger partial charge in [0.15, 0.2) is 8.32 Å². The maximum atomic E-state index is 6.93. The quantitative estimate of drug-likeness (QED) is 0.0568. The van der Waals surface area contributed by atoms with Crippen molar-refractivity contribution in [2.24, 2.45) is 0 Å². The topological polar surface area (TPSA) is 46.2 Å². The molecule has 198 valence electrons. The van der Waals surface area contributed by atoms with E-state index < -0.39 is 25.4 Å². The summed E-state index contributed by atoms with van der Waals surface area (Å²) in [5.41, 5.74) is 0.434. The van der Waals surface area contributed by atoms with Gasteiger partial charge < -0.3 is 12.7 Å². The van der Waals surface area contributed by atoms with Gasteiger partial charge in [0.1, 0.15) is 0 Å². The number of unbranched alkanes of at least 4 members (excludes halogenated alkanes) is 11. The zero-order chi connectivity index (χ0) is 25.2. The van der Waals surface area contributed by atoms with Gasteiger partial charge in [-0.2, -0.15) is 0 Å². The molecule has 0 bridgehead atoms. The minimum absolute atomic E-state index is 0.346. The molecule has 0 rings (SSSR count). The minimum Gasteiger partial charge on any atom is -0.436 e. The van der Waals surface area contributed by atoms with Crippen molar-refractivity contribution in [3.05, 3.63) is 0 Å². The smallest absolute Gasteiger partial charge is 0.322 e. The number of hydrogen-bond acceptors (Lipinski definition) is 5. The molecule has 0 N–H and O–H groups in total. The van der Waals surface area contributed by atoms with Crippen molar-refractivity contribution in [3.63, 3.8) is 0 Å². The fourth-order valence-corrected chi connectivity index (χ4v) is 19.8. The first kappa shape index (κ1) is 33.7. The Morgan fingerprint density at radius 2 is 1.18 bits per heavy atom. The second-order valence-corrected chi connectivity index (χ2v) is 23.7. The summed E-state index contributed by atoms with van der Waals surface area (Å²) in [4.78, 5) is 4.79. The summed E-state index contributed by atoms with van der Waals surface area (Å²) in [6.45, 7) is 15.7. The summed E-state index contributed by atoms with van der Waals surface area (Å²) < 4.78 is 24.5. The van der Waals surface area contributed by atoms with Crippen LogP contribution in [0.25, 0.3) is 0 Å². The summed E-state index contributed by atoms with van der Waals surface area (Å²) >= 11 is 0. The Hall–Kier alpha value is 0.668. The third kappa shape index (κ3) is 19.5. The highest BCUT2D eigenvalue weighted by Gasteiger charge is 2.43. The molecule has 0 aliphatic heterocycles. The lowest BCUT2D eigenvalue weighted by molar-refractivity contribution is -0.180. The Labute approximate surface area is 212 Å². The van der Waals surface area contributed by atoms with Crippen molar-refractivity contribution in [1.29, 1.82) is 0 Å². The second-order valence-electron chi connectivity index (χ2n) is 10.8. The Balaban J connectivity index is 4.45. The second kappa shape index (κ2) is 18.9. The largest absolute Gasteiger partial charge is 0.436 e. The van der Waals surface area contributed by atoms with Crippen molar-refractivity contribution in [2.45, 2.75) is 141 Å². The van der Waals surface area contributed by atoms with Crippen LogP contribution in [0.4, 0.5) is 0 Å². The van der Waals surface area contributed by atoms with Gasteiger partial charge >= 0.3 is 17.1 Å². The molecule has 9 heteroatoms. The lowest BCUT2D eigenvalue weighted by Crippen LogP contribution is -2.55. The van der Waals surface area contributed by atoms with Crippen LogP contribution in [0.2, 0.25) is 50.4 Å². The molecule has 0 saturated heterocycles. The van der Waals surface area contributed by atoms with E-state index in [1.54, 1.807) is 14.2 Å². The fraction of sp³-hybridized carbons (Fsp3) is 1.00. The Morgan fingerprint density at radius 3 is 1.64 bits per heavy atom. The van der Waals surface area contributed by atoms with E-state index in [9.17, 15) is 0 Å². The fourth-order valence-electron chi connectivity index (χ4n) is 4.51. The van der Waals surface area contributed by atoms with Crippen LogP contribution in [-0.2, 0) is 22.1 Å². The van der Waals surface area contributed by atoms with Crippen LogP contribution < -0.4 is 0 Å². The van der Waals surface area contributed by atoms with E-state index in [1.165, 1.54) is 77.0 Å². The van der Waals surface area contributed by atoms with Gasteiger partial charge in [-0.15, -0.1) is 0 Å². The van der Waals surface area contributed by atoms with E-state index in [0.717, 1.165) is 12.1 Å². The van der Waals surface area contributed by atoms with Gasteiger partial charge in [0, 0.05) is 7.11 Å². The van der Waals surface area contributed by atoms with Gasteiger partial charge in [0.25, 0.3) is 9.76 Å². The van der Waals surface area contributed by atoms with Gasteiger partial charge in [-0.3, -0.25) is 9.46 Å². The van der Waals surface area contributed by atoms with Crippen LogP contribution in [-0.4, -0.2) is 49.4 Å². The summed E-state index contributed by atoms with van der Waals surface area (Å²) in [6.07, 6.45) is 16.4. The third-order valence-electron chi connectivity index (χ3n) is 6.06. The van der Waals surface area contributed by atoms with E-state index in [1.807, 2.05) is 0 Å². The predicted octanol–water partition coefficient (Wildman–Crippen LogP) is 8.35. The van der Waals surface area contributed by atoms with E-state index >= 15 is 0 Å². The Morgan fingerprint density at radius 1 is 0.697 bits per heavy atom. The van der Waals surface area contributed by atoms with Crippen molar-refractivity contribution >= 4 is 35.2 Å². The monoisotopic (exact) mass is 536 g/mol. The van der Waals surface area contributed by atoms with Gasteiger partial charge in [-0.05, 0) is 50.4 Å². The molecule has 2 atom stereocenters. The zero-order valence-corrected chi connectivity index (χ0v) is 27.5. The van der Waals surface area contributed by atoms with Crippen molar-refractivity contribution in [2.75, 3.05) is 14.2 Å². The molecule has 0 aromatic carbocycles. The molecule has 0 heterocycles. The van der Waals surface area contributed by atoms with Crippen molar-refractivity contribution < 1.29 is 22.1 Å². The molecular weight excluding hydrogens is 481 g/mol. The van der Waals surface area contributed by atoms with Gasteiger partial charge in [-0.25, -0.2) is 0 Å². The molecule has 0 aliphatic carbocycles. The standard InChI is InChI=1S/C24H56O5Si4/c1-10-11-12-13-14-15-16-17-18-19-20-21-22-33(9,29-32(7,8)26-4)28-31(5,6)23-24(2)30-27-25-3/h24H,10-23H2,1-9H3. The minimum atomic E-state index is -2.31. The molecule has 0 aromatic heterocycles. The molecule has 5 nitrogen and oxygen atoms in total. The number of rotatable bonds is 23. The zero-order valence-electron chi connectivity index (χ0n) is 23.5. The first-order valence-corrected chi connectivity index (χ1v) is 22.8. The van der Waals surface area contributed by atoms with E-state index in [2.05, 4.69) is 46.6 Å². The third-order valence-corrected chi connectivity index (χ3v) is 18.8. The van der Waals surface area contributed by atoms with Crippen LogP contribution in [0.1, 0.15) is 90.9 Å². The molecule has 0 aliphatic rings. The lowest BCUT2D eigenvalue weighted by atomic mass is 10.1. The highest BCUT2D eigenvalue weighted by Crippen LogP contribution is 2.31. The first-order chi connectivity index (χ1) is 15.5. The van der Waals surface area contributed by atoms with Gasteiger partial charge in [-0.1, -0.05) is 90.9 Å². The van der Waals surface area contributed by atoms with E-state index in [0.29, 0.717) is 15.3 Å². The Bertz CT molecular complexity index is 468. The maximum absolute atomic E-state index is 6.93. The van der Waals surface area contributed by atoms with Gasteiger partial charge in [0.05, 0.1) is 7.11 Å². The molecule has 2 radical (unpaired) electrons. The molecule has 0 amide bonds. The van der Waals surface area contributed by atoms with Crippen molar-refractivity contribution in [3.8, 4) is 0 Å². The molecule has 0 aromatic rings. The maximum Gasteiger partial charge on any atom is 0.322 e. The SMILES string of the molecule is CCCCCCCCCCCCCC[Si](C)(O[Si](C)(C)CC(C)[Si]OOC)O[Si](C)(C)OC.